The second-order valence-electron chi connectivity index (χ2n) is 4.77. The van der Waals surface area contributed by atoms with Gasteiger partial charge in [0.15, 0.2) is 0 Å². The summed E-state index contributed by atoms with van der Waals surface area (Å²) in [5, 5.41) is 0. The second kappa shape index (κ2) is 5.63. The molecule has 106 valence electrons. The minimum atomic E-state index is -4.37. The predicted octanol–water partition coefficient (Wildman–Crippen LogP) is 3.65. The Labute approximate surface area is 115 Å². The zero-order valence-corrected chi connectivity index (χ0v) is 11.0. The maximum absolute atomic E-state index is 12.4. The number of aryl methyl sites for hydroxylation is 1. The Bertz CT molecular complexity index is 559. The molecule has 2 rings (SSSR count). The zero-order valence-electron chi connectivity index (χ0n) is 11.0. The molecule has 1 aromatic heterocycles. The van der Waals surface area contributed by atoms with E-state index in [-0.39, 0.29) is 0 Å². The van der Waals surface area contributed by atoms with Gasteiger partial charge in [0, 0.05) is 6.20 Å². The Morgan fingerprint density at radius 1 is 1.10 bits per heavy atom. The van der Waals surface area contributed by atoms with Gasteiger partial charge in [0.05, 0.1) is 17.3 Å². The van der Waals surface area contributed by atoms with Crippen LogP contribution in [-0.2, 0) is 12.6 Å². The molecular weight excluding hydrogens is 265 g/mol. The van der Waals surface area contributed by atoms with Gasteiger partial charge in [-0.3, -0.25) is 4.98 Å². The highest BCUT2D eigenvalue weighted by atomic mass is 19.4. The Balaban J connectivity index is 2.09. The third kappa shape index (κ3) is 3.57. The summed E-state index contributed by atoms with van der Waals surface area (Å²) in [6.07, 6.45) is -3.00. The SMILES string of the molecule is Cc1ccc(CC(N)c2ccc(C(F)(F)F)cn2)cc1. The number of benzene rings is 1. The normalized spacial score (nSPS) is 13.2. The van der Waals surface area contributed by atoms with E-state index in [2.05, 4.69) is 4.98 Å². The van der Waals surface area contributed by atoms with Crippen LogP contribution in [0.25, 0.3) is 0 Å². The highest BCUT2D eigenvalue weighted by Crippen LogP contribution is 2.29. The Morgan fingerprint density at radius 3 is 2.25 bits per heavy atom. The zero-order chi connectivity index (χ0) is 14.8. The van der Waals surface area contributed by atoms with Gasteiger partial charge in [-0.2, -0.15) is 13.2 Å². The molecule has 2 N–H and O–H groups in total. The average molecular weight is 280 g/mol. The van der Waals surface area contributed by atoms with Gasteiger partial charge < -0.3 is 5.73 Å². The van der Waals surface area contributed by atoms with E-state index in [1.165, 1.54) is 6.07 Å². The van der Waals surface area contributed by atoms with Gasteiger partial charge in [-0.1, -0.05) is 29.8 Å². The lowest BCUT2D eigenvalue weighted by Crippen LogP contribution is -2.16. The van der Waals surface area contributed by atoms with E-state index in [4.69, 9.17) is 5.73 Å². The molecule has 0 radical (unpaired) electrons. The Morgan fingerprint density at radius 2 is 1.75 bits per heavy atom. The first-order chi connectivity index (χ1) is 9.36. The van der Waals surface area contributed by atoms with Crippen molar-refractivity contribution in [2.24, 2.45) is 5.73 Å². The quantitative estimate of drug-likeness (QED) is 0.932. The molecule has 1 unspecified atom stereocenters. The van der Waals surface area contributed by atoms with Gasteiger partial charge in [0.2, 0.25) is 0 Å². The molecule has 1 heterocycles. The molecule has 0 aliphatic carbocycles. The van der Waals surface area contributed by atoms with Gasteiger partial charge >= 0.3 is 6.18 Å². The number of halogens is 3. The van der Waals surface area contributed by atoms with Gasteiger partial charge in [0.25, 0.3) is 0 Å². The van der Waals surface area contributed by atoms with Crippen molar-refractivity contribution < 1.29 is 13.2 Å². The largest absolute Gasteiger partial charge is 0.417 e. The first-order valence-electron chi connectivity index (χ1n) is 6.20. The highest BCUT2D eigenvalue weighted by Gasteiger charge is 2.30. The van der Waals surface area contributed by atoms with Gasteiger partial charge in [-0.25, -0.2) is 0 Å². The van der Waals surface area contributed by atoms with Crippen LogP contribution in [0.4, 0.5) is 13.2 Å². The molecular formula is C15H15F3N2. The van der Waals surface area contributed by atoms with E-state index in [1.54, 1.807) is 0 Å². The average Bonchev–Trinajstić information content (AvgIpc) is 2.40. The van der Waals surface area contributed by atoms with E-state index in [9.17, 15) is 13.2 Å². The summed E-state index contributed by atoms with van der Waals surface area (Å²) < 4.78 is 37.3. The lowest BCUT2D eigenvalue weighted by atomic mass is 10.0. The molecule has 0 spiro atoms. The molecule has 2 aromatic rings. The van der Waals surface area contributed by atoms with Crippen LogP contribution in [-0.4, -0.2) is 4.98 Å². The maximum atomic E-state index is 12.4. The van der Waals surface area contributed by atoms with Crippen LogP contribution in [0.3, 0.4) is 0 Å². The Hall–Kier alpha value is -1.88. The van der Waals surface area contributed by atoms with Crippen molar-refractivity contribution in [1.29, 1.82) is 0 Å². The van der Waals surface area contributed by atoms with Crippen molar-refractivity contribution in [3.8, 4) is 0 Å². The minimum Gasteiger partial charge on any atom is -0.322 e. The summed E-state index contributed by atoms with van der Waals surface area (Å²) in [5.74, 6) is 0. The fraction of sp³-hybridized carbons (Fsp3) is 0.267. The summed E-state index contributed by atoms with van der Waals surface area (Å²) in [6, 6.07) is 9.79. The van der Waals surface area contributed by atoms with Crippen molar-refractivity contribution >= 4 is 0 Å². The van der Waals surface area contributed by atoms with E-state index >= 15 is 0 Å². The van der Waals surface area contributed by atoms with Gasteiger partial charge in [-0.05, 0) is 31.0 Å². The van der Waals surface area contributed by atoms with Crippen LogP contribution in [0.1, 0.15) is 28.4 Å². The van der Waals surface area contributed by atoms with Crippen molar-refractivity contribution in [3.63, 3.8) is 0 Å². The third-order valence-electron chi connectivity index (χ3n) is 3.07. The fourth-order valence-corrected chi connectivity index (χ4v) is 1.87. The smallest absolute Gasteiger partial charge is 0.322 e. The first-order valence-corrected chi connectivity index (χ1v) is 6.20. The monoisotopic (exact) mass is 280 g/mol. The molecule has 0 saturated heterocycles. The first kappa shape index (κ1) is 14.5. The van der Waals surface area contributed by atoms with Crippen LogP contribution in [0.2, 0.25) is 0 Å². The predicted molar refractivity (Wildman–Crippen MR) is 71.1 cm³/mol. The van der Waals surface area contributed by atoms with Crippen LogP contribution < -0.4 is 5.73 Å². The minimum absolute atomic E-state index is 0.417. The molecule has 1 atom stereocenters. The van der Waals surface area contributed by atoms with Crippen LogP contribution in [0.5, 0.6) is 0 Å². The summed E-state index contributed by atoms with van der Waals surface area (Å²) in [7, 11) is 0. The number of alkyl halides is 3. The molecule has 0 amide bonds. The molecule has 1 aromatic carbocycles. The molecule has 2 nitrogen and oxygen atoms in total. The van der Waals surface area contributed by atoms with Crippen molar-refractivity contribution in [1.82, 2.24) is 4.98 Å². The van der Waals surface area contributed by atoms with E-state index in [0.29, 0.717) is 12.1 Å². The fourth-order valence-electron chi connectivity index (χ4n) is 1.87. The van der Waals surface area contributed by atoms with E-state index in [1.807, 2.05) is 31.2 Å². The van der Waals surface area contributed by atoms with Gasteiger partial charge in [-0.15, -0.1) is 0 Å². The summed E-state index contributed by atoms with van der Waals surface area (Å²) >= 11 is 0. The number of hydrogen-bond acceptors (Lipinski definition) is 2. The highest BCUT2D eigenvalue weighted by molar-refractivity contribution is 5.24. The summed E-state index contributed by atoms with van der Waals surface area (Å²) in [6.45, 7) is 1.99. The standard InChI is InChI=1S/C15H15F3N2/c1-10-2-4-11(5-3-10)8-13(19)14-7-6-12(9-20-14)15(16,17)18/h2-7,9,13H,8,19H2,1H3. The molecule has 0 saturated carbocycles. The number of nitrogens with zero attached hydrogens (tertiary/aromatic N) is 1. The molecule has 0 aliphatic rings. The Kier molecular flexibility index (Phi) is 4.09. The summed E-state index contributed by atoms with van der Waals surface area (Å²) in [4.78, 5) is 3.81. The van der Waals surface area contributed by atoms with E-state index < -0.39 is 17.8 Å². The molecule has 0 fully saturated rings. The topological polar surface area (TPSA) is 38.9 Å². The van der Waals surface area contributed by atoms with Crippen LogP contribution >= 0.6 is 0 Å². The van der Waals surface area contributed by atoms with E-state index in [0.717, 1.165) is 23.4 Å². The number of aromatic nitrogens is 1. The molecule has 0 bridgehead atoms. The van der Waals surface area contributed by atoms with Crippen molar-refractivity contribution in [2.75, 3.05) is 0 Å². The van der Waals surface area contributed by atoms with Crippen molar-refractivity contribution in [3.05, 3.63) is 65.0 Å². The lowest BCUT2D eigenvalue weighted by molar-refractivity contribution is -0.137. The number of nitrogens with two attached hydrogens (primary N) is 1. The third-order valence-corrected chi connectivity index (χ3v) is 3.07. The second-order valence-corrected chi connectivity index (χ2v) is 4.77. The number of hydrogen-bond donors (Lipinski definition) is 1. The van der Waals surface area contributed by atoms with Gasteiger partial charge in [0.1, 0.15) is 0 Å². The lowest BCUT2D eigenvalue weighted by Gasteiger charge is -2.13. The molecule has 20 heavy (non-hydrogen) atoms. The number of rotatable bonds is 3. The number of pyridine rings is 1. The van der Waals surface area contributed by atoms with Crippen molar-refractivity contribution in [2.45, 2.75) is 25.6 Å². The molecule has 0 aliphatic heterocycles. The molecule has 5 heteroatoms. The maximum Gasteiger partial charge on any atom is 0.417 e. The summed E-state index contributed by atoms with van der Waals surface area (Å²) in [5.41, 5.74) is 7.86. The van der Waals surface area contributed by atoms with Crippen LogP contribution in [0.15, 0.2) is 42.6 Å². The van der Waals surface area contributed by atoms with Crippen LogP contribution in [0, 0.1) is 6.92 Å².